The van der Waals surface area contributed by atoms with Crippen LogP contribution in [0.1, 0.15) is 87.5 Å². The van der Waals surface area contributed by atoms with Gasteiger partial charge in [-0.25, -0.2) is 8.78 Å². The van der Waals surface area contributed by atoms with E-state index in [1.54, 1.807) is 12.1 Å². The molecule has 0 N–H and O–H groups in total. The average molecular weight is 863 g/mol. The summed E-state index contributed by atoms with van der Waals surface area (Å²) in [6, 6.07) is 47.5. The molecule has 0 bridgehead atoms. The monoisotopic (exact) mass is 862 g/mol. The number of halogens is 4. The molecule has 0 atom stereocenters. The van der Waals surface area contributed by atoms with Gasteiger partial charge in [0.15, 0.2) is 23.1 Å². The van der Waals surface area contributed by atoms with Crippen molar-refractivity contribution in [3.05, 3.63) is 191 Å². The van der Waals surface area contributed by atoms with Crippen LogP contribution in [0.25, 0.3) is 44.5 Å². The van der Waals surface area contributed by atoms with E-state index in [1.165, 1.54) is 23.3 Å². The van der Waals surface area contributed by atoms with Crippen molar-refractivity contribution in [2.45, 2.75) is 90.9 Å². The maximum absolute atomic E-state index is 15.0. The van der Waals surface area contributed by atoms with E-state index >= 15 is 8.78 Å². The third-order valence-corrected chi connectivity index (χ3v) is 12.0. The van der Waals surface area contributed by atoms with E-state index in [9.17, 15) is 8.78 Å². The van der Waals surface area contributed by atoms with Crippen molar-refractivity contribution in [1.29, 1.82) is 0 Å². The van der Waals surface area contributed by atoms with Crippen LogP contribution in [0.3, 0.4) is 0 Å². The lowest BCUT2D eigenvalue weighted by Crippen LogP contribution is -2.01. The summed E-state index contributed by atoms with van der Waals surface area (Å²) in [5.74, 6) is -3.71. The van der Waals surface area contributed by atoms with Crippen LogP contribution in [0.5, 0.6) is 11.5 Å². The Morgan fingerprint density at radius 2 is 0.672 bits per heavy atom. The van der Waals surface area contributed by atoms with Gasteiger partial charge in [-0.3, -0.25) is 0 Å². The minimum atomic E-state index is -0.937. The number of hydrogen-bond acceptors (Lipinski definition) is 2. The number of hydrogen-bond donors (Lipinski definition) is 0. The molecule has 7 aromatic rings. The largest absolute Gasteiger partial charge is 0.490 e. The molecule has 64 heavy (non-hydrogen) atoms. The summed E-state index contributed by atoms with van der Waals surface area (Å²) in [5, 5.41) is 0. The minimum Gasteiger partial charge on any atom is -0.490 e. The zero-order valence-corrected chi connectivity index (χ0v) is 37.1. The molecule has 0 spiro atoms. The summed E-state index contributed by atoms with van der Waals surface area (Å²) in [4.78, 5) is 0. The first kappa shape index (κ1) is 45.9. The summed E-state index contributed by atoms with van der Waals surface area (Å²) >= 11 is 0. The molecule has 330 valence electrons. The van der Waals surface area contributed by atoms with Crippen molar-refractivity contribution in [1.82, 2.24) is 0 Å². The van der Waals surface area contributed by atoms with Crippen molar-refractivity contribution in [2.75, 3.05) is 13.2 Å². The lowest BCUT2D eigenvalue weighted by atomic mass is 9.96. The van der Waals surface area contributed by atoms with E-state index in [-0.39, 0.29) is 22.6 Å². The van der Waals surface area contributed by atoms with Crippen LogP contribution in [0.4, 0.5) is 17.6 Å². The molecular formula is C58H58F4O2. The summed E-state index contributed by atoms with van der Waals surface area (Å²) in [6.45, 7) is 5.01. The highest BCUT2D eigenvalue weighted by atomic mass is 19.2. The second-order valence-corrected chi connectivity index (χ2v) is 16.7. The van der Waals surface area contributed by atoms with Crippen LogP contribution in [0.15, 0.2) is 146 Å². The number of benzene rings is 7. The quantitative estimate of drug-likeness (QED) is 0.0499. The van der Waals surface area contributed by atoms with Gasteiger partial charge in [0.05, 0.1) is 13.2 Å². The minimum absolute atomic E-state index is 0.0355. The number of unbranched alkanes of at least 4 members (excludes halogenated alkanes) is 6. The standard InChI is InChI=1S/C58H58F4O2/c1-3-5-7-9-38-63-53-36-34-51(55(59)57(53)61)47-30-22-43(23-31-47)16-14-41-18-26-45(27-19-41)49-12-11-13-50(40-49)46-28-20-42(21-29-46)15-17-44-24-32-48(33-25-44)52-35-37-54(58(62)56(52)60)64-39-10-8-6-4-2/h11-13,18-37,40H,3-10,14-17,38-39H2,1-2H3. The third kappa shape index (κ3) is 12.1. The van der Waals surface area contributed by atoms with E-state index in [0.717, 1.165) is 110 Å². The molecule has 0 radical (unpaired) electrons. The Morgan fingerprint density at radius 3 is 1.02 bits per heavy atom. The molecular weight excluding hydrogens is 805 g/mol. The van der Waals surface area contributed by atoms with Crippen LogP contribution in [0.2, 0.25) is 0 Å². The first-order valence-corrected chi connectivity index (χ1v) is 23.0. The predicted octanol–water partition coefficient (Wildman–Crippen LogP) is 16.4. The van der Waals surface area contributed by atoms with Gasteiger partial charge in [-0.1, -0.05) is 168 Å². The number of ether oxygens (including phenoxy) is 2. The first-order chi connectivity index (χ1) is 31.3. The molecule has 7 rings (SSSR count). The average Bonchev–Trinajstić information content (AvgIpc) is 3.33. The van der Waals surface area contributed by atoms with Gasteiger partial charge in [-0.15, -0.1) is 0 Å². The van der Waals surface area contributed by atoms with Crippen LogP contribution in [0, 0.1) is 23.3 Å². The first-order valence-electron chi connectivity index (χ1n) is 23.0. The Hall–Kier alpha value is -6.14. The molecule has 0 amide bonds. The molecule has 0 saturated heterocycles. The van der Waals surface area contributed by atoms with E-state index < -0.39 is 23.3 Å². The number of aryl methyl sites for hydroxylation is 4. The van der Waals surface area contributed by atoms with Gasteiger partial charge in [0.25, 0.3) is 0 Å². The van der Waals surface area contributed by atoms with E-state index in [4.69, 9.17) is 9.47 Å². The van der Waals surface area contributed by atoms with Crippen molar-refractivity contribution < 1.29 is 27.0 Å². The Labute approximate surface area is 377 Å². The van der Waals surface area contributed by atoms with Gasteiger partial charge in [0, 0.05) is 11.1 Å². The summed E-state index contributed by atoms with van der Waals surface area (Å²) < 4.78 is 70.7. The lowest BCUT2D eigenvalue weighted by molar-refractivity contribution is 0.285. The van der Waals surface area contributed by atoms with E-state index in [0.29, 0.717) is 24.3 Å². The van der Waals surface area contributed by atoms with Gasteiger partial charge in [-0.2, -0.15) is 8.78 Å². The zero-order chi connectivity index (χ0) is 44.7. The molecule has 0 saturated carbocycles. The molecule has 0 fully saturated rings. The highest BCUT2D eigenvalue weighted by molar-refractivity contribution is 5.73. The topological polar surface area (TPSA) is 18.5 Å². The highest BCUT2D eigenvalue weighted by Gasteiger charge is 2.17. The molecule has 7 aromatic carbocycles. The molecule has 0 aliphatic carbocycles. The Bertz CT molecular complexity index is 2370. The van der Waals surface area contributed by atoms with E-state index in [2.05, 4.69) is 86.6 Å². The zero-order valence-electron chi connectivity index (χ0n) is 37.1. The molecule has 0 aliphatic heterocycles. The highest BCUT2D eigenvalue weighted by Crippen LogP contribution is 2.33. The van der Waals surface area contributed by atoms with Crippen molar-refractivity contribution in [3.8, 4) is 56.0 Å². The second kappa shape index (κ2) is 23.0. The molecule has 0 aromatic heterocycles. The van der Waals surface area contributed by atoms with Crippen LogP contribution in [-0.4, -0.2) is 13.2 Å². The van der Waals surface area contributed by atoms with Gasteiger partial charge in [0.2, 0.25) is 11.6 Å². The molecule has 0 aliphatic rings. The Morgan fingerprint density at radius 1 is 0.328 bits per heavy atom. The Kier molecular flexibility index (Phi) is 16.5. The normalized spacial score (nSPS) is 11.2. The fourth-order valence-electron chi connectivity index (χ4n) is 8.04. The third-order valence-electron chi connectivity index (χ3n) is 12.0. The van der Waals surface area contributed by atoms with Crippen LogP contribution in [-0.2, 0) is 25.7 Å². The maximum Gasteiger partial charge on any atom is 0.201 e. The fourth-order valence-corrected chi connectivity index (χ4v) is 8.04. The van der Waals surface area contributed by atoms with Crippen molar-refractivity contribution in [2.24, 2.45) is 0 Å². The summed E-state index contributed by atoms with van der Waals surface area (Å²) in [6.07, 6.45) is 11.4. The predicted molar refractivity (Wildman–Crippen MR) is 255 cm³/mol. The Balaban J connectivity index is 0.888. The molecule has 2 nitrogen and oxygen atoms in total. The van der Waals surface area contributed by atoms with Crippen molar-refractivity contribution >= 4 is 0 Å². The van der Waals surface area contributed by atoms with Crippen LogP contribution < -0.4 is 9.47 Å². The smallest absolute Gasteiger partial charge is 0.201 e. The SMILES string of the molecule is CCCCCCOc1ccc(-c2ccc(CCc3ccc(-c4cccc(-c5ccc(CCc6ccc(-c7ccc(OCCCCCC)c(F)c7F)cc6)cc5)c4)cc3)cc2)c(F)c1F. The molecule has 0 heterocycles. The van der Waals surface area contributed by atoms with Gasteiger partial charge in [-0.05, 0) is 124 Å². The molecule has 6 heteroatoms. The van der Waals surface area contributed by atoms with E-state index in [1.807, 2.05) is 48.5 Å². The second-order valence-electron chi connectivity index (χ2n) is 16.7. The van der Waals surface area contributed by atoms with Crippen LogP contribution >= 0.6 is 0 Å². The van der Waals surface area contributed by atoms with Gasteiger partial charge >= 0.3 is 0 Å². The summed E-state index contributed by atoms with van der Waals surface area (Å²) in [5.41, 5.74) is 11.0. The summed E-state index contributed by atoms with van der Waals surface area (Å²) in [7, 11) is 0. The number of rotatable bonds is 22. The van der Waals surface area contributed by atoms with Gasteiger partial charge in [0.1, 0.15) is 0 Å². The van der Waals surface area contributed by atoms with Crippen molar-refractivity contribution in [3.63, 3.8) is 0 Å². The maximum atomic E-state index is 15.0. The van der Waals surface area contributed by atoms with Gasteiger partial charge < -0.3 is 9.47 Å². The molecule has 0 unspecified atom stereocenters. The lowest BCUT2D eigenvalue weighted by Gasteiger charge is -2.11. The fraction of sp³-hybridized carbons (Fsp3) is 0.276.